The lowest BCUT2D eigenvalue weighted by molar-refractivity contribution is 0.221. The number of nitrogens with zero attached hydrogens (tertiary/aromatic N) is 1. The van der Waals surface area contributed by atoms with E-state index in [0.717, 1.165) is 6.42 Å². The van der Waals surface area contributed by atoms with Gasteiger partial charge in [-0.2, -0.15) is 0 Å². The van der Waals surface area contributed by atoms with Crippen LogP contribution in [-0.2, 0) is 10.0 Å². The Bertz CT molecular complexity index is 302. The van der Waals surface area contributed by atoms with E-state index in [0.29, 0.717) is 31.3 Å². The van der Waals surface area contributed by atoms with Crippen LogP contribution in [0.5, 0.6) is 0 Å². The fraction of sp³-hybridized carbons (Fsp3) is 1.00. The first-order valence-electron chi connectivity index (χ1n) is 6.10. The molecule has 4 nitrogen and oxygen atoms in total. The van der Waals surface area contributed by atoms with E-state index in [4.69, 9.17) is 5.73 Å². The quantitative estimate of drug-likeness (QED) is 0.808. The van der Waals surface area contributed by atoms with E-state index in [1.165, 1.54) is 0 Å². The van der Waals surface area contributed by atoms with Crippen LogP contribution < -0.4 is 5.73 Å². The molecule has 0 radical (unpaired) electrons. The fourth-order valence-electron chi connectivity index (χ4n) is 2.52. The van der Waals surface area contributed by atoms with Gasteiger partial charge in [-0.15, -0.1) is 0 Å². The van der Waals surface area contributed by atoms with E-state index in [2.05, 4.69) is 13.8 Å². The van der Waals surface area contributed by atoms with Crippen LogP contribution in [0.25, 0.3) is 0 Å². The molecule has 1 aliphatic heterocycles. The fourth-order valence-corrected chi connectivity index (χ4v) is 4.53. The van der Waals surface area contributed by atoms with Gasteiger partial charge in [-0.25, -0.2) is 12.7 Å². The van der Waals surface area contributed by atoms with Crippen molar-refractivity contribution in [3.05, 3.63) is 0 Å². The summed E-state index contributed by atoms with van der Waals surface area (Å²) in [4.78, 5) is 0. The third-order valence-corrected chi connectivity index (χ3v) is 5.72. The van der Waals surface area contributed by atoms with Gasteiger partial charge in [0.15, 0.2) is 0 Å². The van der Waals surface area contributed by atoms with Crippen molar-refractivity contribution in [2.45, 2.75) is 38.9 Å². The summed E-state index contributed by atoms with van der Waals surface area (Å²) in [5.41, 5.74) is 5.54. The Morgan fingerprint density at radius 3 is 2.19 bits per heavy atom. The highest BCUT2D eigenvalue weighted by molar-refractivity contribution is 7.89. The number of sulfonamides is 1. The lowest BCUT2D eigenvalue weighted by Gasteiger charge is -2.35. The second-order valence-corrected chi connectivity index (χ2v) is 7.29. The Morgan fingerprint density at radius 2 is 1.81 bits per heavy atom. The third kappa shape index (κ3) is 2.96. The minimum Gasteiger partial charge on any atom is -0.329 e. The van der Waals surface area contributed by atoms with E-state index < -0.39 is 15.3 Å². The molecule has 0 aromatic carbocycles. The van der Waals surface area contributed by atoms with Crippen molar-refractivity contribution in [3.8, 4) is 0 Å². The van der Waals surface area contributed by atoms with Gasteiger partial charge in [0.05, 0.1) is 5.25 Å². The van der Waals surface area contributed by atoms with Gasteiger partial charge in [0.2, 0.25) is 10.0 Å². The summed E-state index contributed by atoms with van der Waals surface area (Å²) in [6.45, 7) is 7.64. The van der Waals surface area contributed by atoms with E-state index in [-0.39, 0.29) is 6.54 Å². The molecular weight excluding hydrogens is 224 g/mol. The zero-order valence-electron chi connectivity index (χ0n) is 10.5. The minimum absolute atomic E-state index is 0.220. The molecule has 0 bridgehead atoms. The summed E-state index contributed by atoms with van der Waals surface area (Å²) in [6.07, 6.45) is 1.71. The summed E-state index contributed by atoms with van der Waals surface area (Å²) in [5.74, 6) is 0.905. The normalized spacial score (nSPS) is 30.2. The SMILES string of the molecule is CCC(CN)S(=O)(=O)N1CC(C)CC(C)C1. The lowest BCUT2D eigenvalue weighted by atomic mass is 9.94. The first-order chi connectivity index (χ1) is 7.41. The molecule has 0 amide bonds. The molecule has 5 heteroatoms. The second-order valence-electron chi connectivity index (χ2n) is 5.07. The van der Waals surface area contributed by atoms with Crippen LogP contribution in [0.4, 0.5) is 0 Å². The summed E-state index contributed by atoms with van der Waals surface area (Å²) < 4.78 is 26.2. The van der Waals surface area contributed by atoms with Crippen molar-refractivity contribution in [2.75, 3.05) is 19.6 Å². The number of rotatable bonds is 4. The van der Waals surface area contributed by atoms with Crippen molar-refractivity contribution in [2.24, 2.45) is 17.6 Å². The minimum atomic E-state index is -3.18. The van der Waals surface area contributed by atoms with Crippen LogP contribution >= 0.6 is 0 Å². The number of piperidine rings is 1. The molecule has 2 N–H and O–H groups in total. The zero-order valence-corrected chi connectivity index (χ0v) is 11.3. The van der Waals surface area contributed by atoms with Crippen LogP contribution in [0.2, 0.25) is 0 Å². The first kappa shape index (κ1) is 13.9. The molecule has 1 rings (SSSR count). The van der Waals surface area contributed by atoms with Crippen molar-refractivity contribution < 1.29 is 8.42 Å². The van der Waals surface area contributed by atoms with Gasteiger partial charge in [-0.3, -0.25) is 0 Å². The van der Waals surface area contributed by atoms with Crippen molar-refractivity contribution in [1.82, 2.24) is 4.31 Å². The molecule has 0 aromatic rings. The van der Waals surface area contributed by atoms with Crippen LogP contribution in [0.15, 0.2) is 0 Å². The third-order valence-electron chi connectivity index (χ3n) is 3.33. The van der Waals surface area contributed by atoms with Gasteiger partial charge in [-0.05, 0) is 24.7 Å². The van der Waals surface area contributed by atoms with E-state index >= 15 is 0 Å². The summed E-state index contributed by atoms with van der Waals surface area (Å²) in [5, 5.41) is -0.412. The van der Waals surface area contributed by atoms with Gasteiger partial charge in [0, 0.05) is 19.6 Å². The van der Waals surface area contributed by atoms with Gasteiger partial charge in [-0.1, -0.05) is 20.8 Å². The number of hydrogen-bond acceptors (Lipinski definition) is 3. The highest BCUT2D eigenvalue weighted by atomic mass is 32.2. The molecule has 1 aliphatic rings. The summed E-state index contributed by atoms with van der Waals surface area (Å²) >= 11 is 0. The topological polar surface area (TPSA) is 63.4 Å². The molecule has 96 valence electrons. The van der Waals surface area contributed by atoms with Crippen molar-refractivity contribution in [1.29, 1.82) is 0 Å². The second kappa shape index (κ2) is 5.47. The van der Waals surface area contributed by atoms with Crippen LogP contribution in [0, 0.1) is 11.8 Å². The Morgan fingerprint density at radius 1 is 1.31 bits per heavy atom. The highest BCUT2D eigenvalue weighted by Gasteiger charge is 2.34. The molecule has 16 heavy (non-hydrogen) atoms. The average molecular weight is 248 g/mol. The monoisotopic (exact) mass is 248 g/mol. The predicted molar refractivity (Wildman–Crippen MR) is 66.6 cm³/mol. The van der Waals surface area contributed by atoms with Crippen LogP contribution in [0.1, 0.15) is 33.6 Å². The molecular formula is C11H24N2O2S. The predicted octanol–water partition coefficient (Wildman–Crippen LogP) is 1.03. The molecule has 1 saturated heterocycles. The van der Waals surface area contributed by atoms with Gasteiger partial charge < -0.3 is 5.73 Å². The molecule has 0 aromatic heterocycles. The Hall–Kier alpha value is -0.130. The van der Waals surface area contributed by atoms with Gasteiger partial charge in [0.25, 0.3) is 0 Å². The maximum Gasteiger partial charge on any atom is 0.218 e. The zero-order chi connectivity index (χ0) is 12.3. The lowest BCUT2D eigenvalue weighted by Crippen LogP contribution is -2.48. The smallest absolute Gasteiger partial charge is 0.218 e. The van der Waals surface area contributed by atoms with E-state index in [1.807, 2.05) is 6.92 Å². The van der Waals surface area contributed by atoms with Crippen LogP contribution in [-0.4, -0.2) is 37.6 Å². The Kier molecular flexibility index (Phi) is 4.76. The van der Waals surface area contributed by atoms with E-state index in [9.17, 15) is 8.42 Å². The standard InChI is InChI=1S/C11H24N2O2S/c1-4-11(6-12)16(14,15)13-7-9(2)5-10(3)8-13/h9-11H,4-8,12H2,1-3H3. The average Bonchev–Trinajstić information content (AvgIpc) is 2.17. The van der Waals surface area contributed by atoms with Crippen molar-refractivity contribution >= 4 is 10.0 Å². The maximum atomic E-state index is 12.3. The molecule has 1 fully saturated rings. The van der Waals surface area contributed by atoms with Gasteiger partial charge >= 0.3 is 0 Å². The van der Waals surface area contributed by atoms with Crippen LogP contribution in [0.3, 0.4) is 0 Å². The Balaban J connectivity index is 2.82. The summed E-state index contributed by atoms with van der Waals surface area (Å²) in [7, 11) is -3.18. The Labute approximate surface area is 99.2 Å². The molecule has 0 aliphatic carbocycles. The highest BCUT2D eigenvalue weighted by Crippen LogP contribution is 2.25. The van der Waals surface area contributed by atoms with Gasteiger partial charge in [0.1, 0.15) is 0 Å². The molecule has 3 unspecified atom stereocenters. The van der Waals surface area contributed by atoms with E-state index in [1.54, 1.807) is 4.31 Å². The summed E-state index contributed by atoms with van der Waals surface area (Å²) in [6, 6.07) is 0. The molecule has 0 saturated carbocycles. The largest absolute Gasteiger partial charge is 0.329 e. The molecule has 1 heterocycles. The molecule has 3 atom stereocenters. The van der Waals surface area contributed by atoms with Crippen molar-refractivity contribution in [3.63, 3.8) is 0 Å². The first-order valence-corrected chi connectivity index (χ1v) is 7.61. The molecule has 0 spiro atoms. The number of hydrogen-bond donors (Lipinski definition) is 1. The maximum absolute atomic E-state index is 12.3. The number of nitrogens with two attached hydrogens (primary N) is 1.